The Labute approximate surface area is 75.8 Å². The van der Waals surface area contributed by atoms with E-state index < -0.39 is 10.3 Å². The zero-order valence-electron chi connectivity index (χ0n) is 6.01. The predicted octanol–water partition coefficient (Wildman–Crippen LogP) is 1.09. The van der Waals surface area contributed by atoms with E-state index in [0.717, 1.165) is 5.02 Å². The zero-order valence-corrected chi connectivity index (χ0v) is 7.59. The molecule has 0 aliphatic rings. The van der Waals surface area contributed by atoms with Gasteiger partial charge in [-0.1, -0.05) is 29.8 Å². The number of nitrogens with two attached hydrogens (primary N) is 1. The van der Waals surface area contributed by atoms with Crippen molar-refractivity contribution in [1.82, 2.24) is 0 Å². The van der Waals surface area contributed by atoms with Crippen LogP contribution in [0.4, 0.5) is 0 Å². The van der Waals surface area contributed by atoms with Gasteiger partial charge >= 0.3 is 10.3 Å². The van der Waals surface area contributed by atoms with Gasteiger partial charge in [0.05, 0.1) is 0 Å². The summed E-state index contributed by atoms with van der Waals surface area (Å²) in [5.41, 5.74) is 0. The summed E-state index contributed by atoms with van der Waals surface area (Å²) in [6, 6.07) is 9.44. The van der Waals surface area contributed by atoms with E-state index in [1.54, 1.807) is 0 Å². The number of hydrogen-bond acceptors (Lipinski definition) is 2. The first-order valence-corrected chi connectivity index (χ1v) is 4.73. The molecule has 0 unspecified atom stereocenters. The average Bonchev–Trinajstić information content (AvgIpc) is 1.85. The van der Waals surface area contributed by atoms with E-state index in [-0.39, 0.29) is 0 Å². The van der Waals surface area contributed by atoms with E-state index in [0.29, 0.717) is 0 Å². The minimum atomic E-state index is -4.17. The van der Waals surface area contributed by atoms with Crippen LogP contribution in [-0.2, 0) is 10.3 Å². The Morgan fingerprint density at radius 3 is 1.75 bits per heavy atom. The maximum absolute atomic E-state index is 8.97. The zero-order chi connectivity index (χ0) is 9.61. The minimum Gasteiger partial charge on any atom is -0.274 e. The van der Waals surface area contributed by atoms with Crippen molar-refractivity contribution in [3.8, 4) is 0 Å². The van der Waals surface area contributed by atoms with Crippen LogP contribution in [0.3, 0.4) is 0 Å². The lowest BCUT2D eigenvalue weighted by molar-refractivity contribution is 0.485. The molecule has 0 aliphatic carbocycles. The Morgan fingerprint density at radius 1 is 1.25 bits per heavy atom. The van der Waals surface area contributed by atoms with Crippen LogP contribution in [0.2, 0.25) is 5.02 Å². The van der Waals surface area contributed by atoms with E-state index in [1.165, 1.54) is 0 Å². The third-order valence-electron chi connectivity index (χ3n) is 0.733. The summed E-state index contributed by atoms with van der Waals surface area (Å²) in [6.45, 7) is 0. The first kappa shape index (κ1) is 11.4. The molecule has 3 N–H and O–H groups in total. The molecular weight excluding hydrogens is 202 g/mol. The van der Waals surface area contributed by atoms with Gasteiger partial charge in [-0.05, 0) is 12.1 Å². The van der Waals surface area contributed by atoms with Gasteiger partial charge in [-0.3, -0.25) is 4.55 Å². The summed E-state index contributed by atoms with van der Waals surface area (Å²) in [4.78, 5) is 0. The monoisotopic (exact) mass is 209 g/mol. The fourth-order valence-electron chi connectivity index (χ4n) is 0.415. The van der Waals surface area contributed by atoms with Crippen molar-refractivity contribution in [3.63, 3.8) is 0 Å². The highest BCUT2D eigenvalue weighted by molar-refractivity contribution is 7.83. The van der Waals surface area contributed by atoms with Crippen molar-refractivity contribution >= 4 is 21.9 Å². The topological polar surface area (TPSA) is 80.4 Å². The molecule has 0 atom stereocenters. The first-order chi connectivity index (χ1) is 5.39. The van der Waals surface area contributed by atoms with Crippen LogP contribution in [0.5, 0.6) is 0 Å². The summed E-state index contributed by atoms with van der Waals surface area (Å²) in [5.74, 6) is 0. The molecule has 0 bridgehead atoms. The normalized spacial score (nSPS) is 9.92. The second-order valence-corrected chi connectivity index (χ2v) is 3.28. The molecule has 6 heteroatoms. The second-order valence-electron chi connectivity index (χ2n) is 1.81. The van der Waals surface area contributed by atoms with Crippen LogP contribution in [-0.4, -0.2) is 13.0 Å². The highest BCUT2D eigenvalue weighted by atomic mass is 35.5. The molecule has 0 fully saturated rings. The number of halogens is 1. The lowest BCUT2D eigenvalue weighted by Gasteiger charge is -1.80. The van der Waals surface area contributed by atoms with Crippen LogP contribution in [0.15, 0.2) is 30.3 Å². The smallest absolute Gasteiger partial charge is 0.274 e. The van der Waals surface area contributed by atoms with Gasteiger partial charge in [0.1, 0.15) is 0 Å². The molecule has 0 heterocycles. The van der Waals surface area contributed by atoms with Crippen LogP contribution in [0.25, 0.3) is 0 Å². The second kappa shape index (κ2) is 5.10. The fraction of sp³-hybridized carbons (Fsp3) is 0. The number of benzene rings is 1. The molecular formula is C6H8ClNO3S. The molecule has 1 aromatic rings. The summed E-state index contributed by atoms with van der Waals surface area (Å²) in [5, 5.41) is 4.68. The first-order valence-electron chi connectivity index (χ1n) is 2.85. The quantitative estimate of drug-likeness (QED) is 0.628. The molecule has 1 rings (SSSR count). The summed E-state index contributed by atoms with van der Waals surface area (Å²) < 4.78 is 25.2. The van der Waals surface area contributed by atoms with E-state index in [4.69, 9.17) is 24.6 Å². The van der Waals surface area contributed by atoms with Crippen LogP contribution < -0.4 is 5.14 Å². The average molecular weight is 210 g/mol. The standard InChI is InChI=1S/C6H5Cl.H3NO3S/c7-6-4-2-1-3-5-6;1-5(2,3)4/h1-5H;(H3,1,2,3,4). The van der Waals surface area contributed by atoms with E-state index >= 15 is 0 Å². The molecule has 68 valence electrons. The minimum absolute atomic E-state index is 0.794. The Bertz CT molecular complexity index is 303. The van der Waals surface area contributed by atoms with Crippen molar-refractivity contribution in [2.45, 2.75) is 0 Å². The molecule has 0 saturated carbocycles. The van der Waals surface area contributed by atoms with Gasteiger partial charge in [0.2, 0.25) is 0 Å². The largest absolute Gasteiger partial charge is 0.330 e. The van der Waals surface area contributed by atoms with Gasteiger partial charge < -0.3 is 0 Å². The van der Waals surface area contributed by atoms with Gasteiger partial charge in [0, 0.05) is 5.02 Å². The Kier molecular flexibility index (Phi) is 4.84. The molecule has 0 aromatic heterocycles. The van der Waals surface area contributed by atoms with Crippen molar-refractivity contribution in [1.29, 1.82) is 0 Å². The Balaban J connectivity index is 0.000000217. The molecule has 0 spiro atoms. The van der Waals surface area contributed by atoms with Gasteiger partial charge in [-0.2, -0.15) is 8.42 Å². The molecule has 1 aromatic carbocycles. The van der Waals surface area contributed by atoms with Gasteiger partial charge in [-0.25, -0.2) is 5.14 Å². The molecule has 4 nitrogen and oxygen atoms in total. The van der Waals surface area contributed by atoms with Gasteiger partial charge in [-0.15, -0.1) is 0 Å². The van der Waals surface area contributed by atoms with Crippen LogP contribution in [0.1, 0.15) is 0 Å². The van der Waals surface area contributed by atoms with Crippen LogP contribution in [0, 0.1) is 0 Å². The lowest BCUT2D eigenvalue weighted by atomic mass is 10.4. The molecule has 0 aliphatic heterocycles. The third-order valence-corrected chi connectivity index (χ3v) is 0.985. The number of hydrogen-bond donors (Lipinski definition) is 2. The number of rotatable bonds is 0. The Morgan fingerprint density at radius 2 is 1.58 bits per heavy atom. The molecule has 0 saturated heterocycles. The molecule has 0 amide bonds. The molecule has 12 heavy (non-hydrogen) atoms. The highest BCUT2D eigenvalue weighted by Crippen LogP contribution is 2.03. The summed E-state index contributed by atoms with van der Waals surface area (Å²) in [6.07, 6.45) is 0. The van der Waals surface area contributed by atoms with Crippen molar-refractivity contribution < 1.29 is 13.0 Å². The van der Waals surface area contributed by atoms with Crippen molar-refractivity contribution in [3.05, 3.63) is 35.4 Å². The van der Waals surface area contributed by atoms with E-state index in [1.807, 2.05) is 30.3 Å². The fourth-order valence-corrected chi connectivity index (χ4v) is 0.560. The lowest BCUT2D eigenvalue weighted by Crippen LogP contribution is -2.08. The van der Waals surface area contributed by atoms with Crippen molar-refractivity contribution in [2.75, 3.05) is 0 Å². The SMILES string of the molecule is Clc1ccccc1.NS(=O)(=O)O. The van der Waals surface area contributed by atoms with E-state index in [2.05, 4.69) is 5.14 Å². The van der Waals surface area contributed by atoms with Crippen molar-refractivity contribution in [2.24, 2.45) is 5.14 Å². The Hall–Kier alpha value is -0.620. The molecule has 0 radical (unpaired) electrons. The van der Waals surface area contributed by atoms with Gasteiger partial charge in [0.15, 0.2) is 0 Å². The van der Waals surface area contributed by atoms with Crippen LogP contribution >= 0.6 is 11.6 Å². The maximum atomic E-state index is 8.97. The summed E-state index contributed by atoms with van der Waals surface area (Å²) in [7, 11) is -4.17. The third kappa shape index (κ3) is 12.1. The van der Waals surface area contributed by atoms with E-state index in [9.17, 15) is 0 Å². The summed E-state index contributed by atoms with van der Waals surface area (Å²) >= 11 is 5.54. The van der Waals surface area contributed by atoms with Gasteiger partial charge in [0.25, 0.3) is 0 Å². The predicted molar refractivity (Wildman–Crippen MR) is 47.2 cm³/mol. The maximum Gasteiger partial charge on any atom is 0.330 e. The highest BCUT2D eigenvalue weighted by Gasteiger charge is 1.81.